The minimum atomic E-state index is -1.44. The van der Waals surface area contributed by atoms with Crippen LogP contribution in [-0.4, -0.2) is 51.9 Å². The molecule has 0 aromatic carbocycles. The zero-order valence-electron chi connectivity index (χ0n) is 13.4. The van der Waals surface area contributed by atoms with Crippen LogP contribution in [0.5, 0.6) is 0 Å². The number of nitrogens with zero attached hydrogens (tertiary/aromatic N) is 6. The van der Waals surface area contributed by atoms with Gasteiger partial charge in [0.05, 0.1) is 30.4 Å². The first-order valence-corrected chi connectivity index (χ1v) is 7.47. The molecule has 23 heavy (non-hydrogen) atoms. The Bertz CT molecular complexity index is 674. The Morgan fingerprint density at radius 1 is 1.52 bits per heavy atom. The van der Waals surface area contributed by atoms with Gasteiger partial charge in [0, 0.05) is 20.6 Å². The summed E-state index contributed by atoms with van der Waals surface area (Å²) in [6.07, 6.45) is -0.741. The molecule has 0 spiro atoms. The Labute approximate surface area is 132 Å². The molecule has 1 aliphatic carbocycles. The van der Waals surface area contributed by atoms with E-state index in [1.807, 2.05) is 0 Å². The Balaban J connectivity index is 2.32. The minimum absolute atomic E-state index is 0.0519. The standard InChI is InChI=1S/C14H20F2N6O/c1-4-21-13(16)19-22(14(21)23)12-6-11(18-8-20(2)3)9(7-17)5-10(12)15/h8-12H,4-6H2,1-3H3. The lowest BCUT2D eigenvalue weighted by molar-refractivity contribution is 0.122. The molecule has 0 N–H and O–H groups in total. The number of hydrogen-bond acceptors (Lipinski definition) is 4. The van der Waals surface area contributed by atoms with Crippen LogP contribution in [0.15, 0.2) is 9.79 Å². The molecule has 126 valence electrons. The number of aliphatic imine (C=N–C) groups is 1. The van der Waals surface area contributed by atoms with Gasteiger partial charge in [-0.15, -0.1) is 5.10 Å². The number of nitriles is 1. The summed E-state index contributed by atoms with van der Waals surface area (Å²) >= 11 is 0. The van der Waals surface area contributed by atoms with E-state index in [9.17, 15) is 18.8 Å². The summed E-state index contributed by atoms with van der Waals surface area (Å²) in [4.78, 5) is 18.1. The number of aromatic nitrogens is 3. The molecule has 0 bridgehead atoms. The second-order valence-corrected chi connectivity index (χ2v) is 5.83. The van der Waals surface area contributed by atoms with Gasteiger partial charge in [-0.2, -0.15) is 9.65 Å². The second-order valence-electron chi connectivity index (χ2n) is 5.83. The van der Waals surface area contributed by atoms with Crippen LogP contribution in [0.1, 0.15) is 25.8 Å². The van der Waals surface area contributed by atoms with Crippen molar-refractivity contribution in [2.45, 2.75) is 44.6 Å². The molecule has 1 aromatic rings. The third-order valence-corrected chi connectivity index (χ3v) is 3.97. The smallest absolute Gasteiger partial charge is 0.348 e. The first-order valence-electron chi connectivity index (χ1n) is 7.47. The van der Waals surface area contributed by atoms with Crippen LogP contribution in [-0.2, 0) is 6.54 Å². The molecule has 1 aliphatic rings. The molecular formula is C14H20F2N6O. The molecule has 4 atom stereocenters. The molecule has 0 radical (unpaired) electrons. The monoisotopic (exact) mass is 326 g/mol. The van der Waals surface area contributed by atoms with Crippen molar-refractivity contribution in [3.63, 3.8) is 0 Å². The molecule has 2 rings (SSSR count). The van der Waals surface area contributed by atoms with Crippen LogP contribution >= 0.6 is 0 Å². The predicted molar refractivity (Wildman–Crippen MR) is 80.4 cm³/mol. The number of alkyl halides is 1. The van der Waals surface area contributed by atoms with Gasteiger partial charge in [-0.3, -0.25) is 9.56 Å². The highest BCUT2D eigenvalue weighted by Gasteiger charge is 2.40. The van der Waals surface area contributed by atoms with E-state index in [0.29, 0.717) is 0 Å². The summed E-state index contributed by atoms with van der Waals surface area (Å²) in [5, 5.41) is 12.7. The largest absolute Gasteiger partial charge is 0.369 e. The van der Waals surface area contributed by atoms with Gasteiger partial charge in [0.2, 0.25) is 0 Å². The van der Waals surface area contributed by atoms with E-state index in [4.69, 9.17) is 0 Å². The van der Waals surface area contributed by atoms with Crippen molar-refractivity contribution in [3.05, 3.63) is 16.6 Å². The van der Waals surface area contributed by atoms with Crippen molar-refractivity contribution in [3.8, 4) is 6.07 Å². The maximum Gasteiger partial charge on any atom is 0.348 e. The molecule has 0 amide bonds. The lowest BCUT2D eigenvalue weighted by Crippen LogP contribution is -2.41. The summed E-state index contributed by atoms with van der Waals surface area (Å²) in [5.41, 5.74) is -0.677. The third kappa shape index (κ3) is 3.41. The Morgan fingerprint density at radius 2 is 2.22 bits per heavy atom. The average Bonchev–Trinajstić information content (AvgIpc) is 2.79. The lowest BCUT2D eigenvalue weighted by atomic mass is 9.81. The van der Waals surface area contributed by atoms with Gasteiger partial charge in [-0.1, -0.05) is 0 Å². The molecule has 9 heteroatoms. The highest BCUT2D eigenvalue weighted by molar-refractivity contribution is 5.54. The topological polar surface area (TPSA) is 79.2 Å². The second kappa shape index (κ2) is 6.89. The molecule has 1 heterocycles. The van der Waals surface area contributed by atoms with Crippen molar-refractivity contribution in [2.75, 3.05) is 14.1 Å². The van der Waals surface area contributed by atoms with Gasteiger partial charge in [0.1, 0.15) is 6.17 Å². The number of hydrogen-bond donors (Lipinski definition) is 0. The van der Waals surface area contributed by atoms with Crippen LogP contribution in [0.4, 0.5) is 8.78 Å². The van der Waals surface area contributed by atoms with Crippen molar-refractivity contribution in [1.82, 2.24) is 19.2 Å². The van der Waals surface area contributed by atoms with Gasteiger partial charge in [0.25, 0.3) is 0 Å². The van der Waals surface area contributed by atoms with Gasteiger partial charge in [-0.25, -0.2) is 13.9 Å². The highest BCUT2D eigenvalue weighted by atomic mass is 19.1. The van der Waals surface area contributed by atoms with Gasteiger partial charge in [0.15, 0.2) is 0 Å². The van der Waals surface area contributed by atoms with Gasteiger partial charge < -0.3 is 4.90 Å². The zero-order valence-corrected chi connectivity index (χ0v) is 13.4. The fraction of sp³-hybridized carbons (Fsp3) is 0.714. The van der Waals surface area contributed by atoms with Crippen molar-refractivity contribution >= 4 is 6.34 Å². The first-order chi connectivity index (χ1) is 10.9. The van der Waals surface area contributed by atoms with Crippen molar-refractivity contribution < 1.29 is 8.78 Å². The minimum Gasteiger partial charge on any atom is -0.369 e. The summed E-state index contributed by atoms with van der Waals surface area (Å²) in [5.74, 6) is -0.578. The molecule has 0 aliphatic heterocycles. The zero-order chi connectivity index (χ0) is 17.1. The maximum atomic E-state index is 14.4. The van der Waals surface area contributed by atoms with Crippen molar-refractivity contribution in [2.24, 2.45) is 10.9 Å². The normalized spacial score (nSPS) is 28.0. The third-order valence-electron chi connectivity index (χ3n) is 3.97. The predicted octanol–water partition coefficient (Wildman–Crippen LogP) is 0.975. The fourth-order valence-electron chi connectivity index (χ4n) is 2.76. The molecule has 4 unspecified atom stereocenters. The molecule has 0 saturated heterocycles. The number of rotatable bonds is 4. The summed E-state index contributed by atoms with van der Waals surface area (Å²) in [6, 6.07) is 0.688. The maximum absolute atomic E-state index is 14.4. The molecule has 1 aromatic heterocycles. The highest BCUT2D eigenvalue weighted by Crippen LogP contribution is 2.35. The van der Waals surface area contributed by atoms with Crippen LogP contribution in [0, 0.1) is 23.3 Å². The molecule has 1 saturated carbocycles. The van der Waals surface area contributed by atoms with E-state index in [1.54, 1.807) is 32.3 Å². The first kappa shape index (κ1) is 17.1. The summed E-state index contributed by atoms with van der Waals surface area (Å²) < 4.78 is 29.8. The quantitative estimate of drug-likeness (QED) is 0.610. The molecular weight excluding hydrogens is 306 g/mol. The van der Waals surface area contributed by atoms with Crippen LogP contribution in [0.25, 0.3) is 0 Å². The Hall–Kier alpha value is -2.24. The van der Waals surface area contributed by atoms with E-state index in [2.05, 4.69) is 16.2 Å². The van der Waals surface area contributed by atoms with E-state index in [1.165, 1.54) is 0 Å². The molecule has 7 nitrogen and oxygen atoms in total. The Morgan fingerprint density at radius 3 is 2.74 bits per heavy atom. The Kier molecular flexibility index (Phi) is 5.13. The SMILES string of the molecule is CCn1c(F)nn(C2CC(N=CN(C)C)C(C#N)CC2F)c1=O. The van der Waals surface area contributed by atoms with Crippen molar-refractivity contribution in [1.29, 1.82) is 5.26 Å². The van der Waals surface area contributed by atoms with Crippen LogP contribution in [0.2, 0.25) is 0 Å². The van der Waals surface area contributed by atoms with E-state index < -0.39 is 35.9 Å². The van der Waals surface area contributed by atoms with Gasteiger partial charge >= 0.3 is 11.8 Å². The van der Waals surface area contributed by atoms with Crippen LogP contribution in [0.3, 0.4) is 0 Å². The van der Waals surface area contributed by atoms with E-state index in [-0.39, 0.29) is 19.4 Å². The van der Waals surface area contributed by atoms with E-state index >= 15 is 0 Å². The lowest BCUT2D eigenvalue weighted by Gasteiger charge is -2.32. The summed E-state index contributed by atoms with van der Waals surface area (Å²) in [6.45, 7) is 1.73. The molecule has 1 fully saturated rings. The van der Waals surface area contributed by atoms with E-state index in [0.717, 1.165) is 9.25 Å². The van der Waals surface area contributed by atoms with Gasteiger partial charge in [-0.05, 0) is 19.8 Å². The fourth-order valence-corrected chi connectivity index (χ4v) is 2.76. The van der Waals surface area contributed by atoms with Crippen LogP contribution < -0.4 is 5.69 Å². The summed E-state index contributed by atoms with van der Waals surface area (Å²) in [7, 11) is 3.57. The average molecular weight is 326 g/mol. The number of halogens is 2.